The molecule has 0 aromatic carbocycles. The fraction of sp³-hybridized carbons (Fsp3) is 0.500. The minimum atomic E-state index is 0.478. The third-order valence-electron chi connectivity index (χ3n) is 5.14. The van der Waals surface area contributed by atoms with E-state index in [0.29, 0.717) is 5.41 Å². The summed E-state index contributed by atoms with van der Waals surface area (Å²) in [6.45, 7) is 5.93. The Morgan fingerprint density at radius 1 is 1.14 bits per heavy atom. The molecule has 4 rings (SSSR count). The second-order valence-corrected chi connectivity index (χ2v) is 7.59. The van der Waals surface area contributed by atoms with Crippen LogP contribution in [0, 0.1) is 5.41 Å². The highest BCUT2D eigenvalue weighted by molar-refractivity contribution is 7.07. The third kappa shape index (κ3) is 2.90. The maximum absolute atomic E-state index is 4.55. The zero-order valence-electron chi connectivity index (χ0n) is 12.9. The highest BCUT2D eigenvalue weighted by Crippen LogP contribution is 2.40. The zero-order chi connectivity index (χ0) is 14.8. The molecule has 4 heterocycles. The van der Waals surface area contributed by atoms with Crippen molar-refractivity contribution in [3.05, 3.63) is 46.8 Å². The van der Waals surface area contributed by atoms with Crippen molar-refractivity contribution in [3.63, 3.8) is 0 Å². The first-order chi connectivity index (χ1) is 10.8. The maximum Gasteiger partial charge on any atom is 0.128 e. The van der Waals surface area contributed by atoms with Crippen molar-refractivity contribution >= 4 is 17.2 Å². The Labute approximate surface area is 136 Å². The lowest BCUT2D eigenvalue weighted by Gasteiger charge is -2.41. The van der Waals surface area contributed by atoms with Crippen LogP contribution >= 0.6 is 11.3 Å². The number of thiophene rings is 1. The van der Waals surface area contributed by atoms with Gasteiger partial charge in [0.2, 0.25) is 0 Å². The smallest absolute Gasteiger partial charge is 0.128 e. The number of aromatic nitrogens is 1. The second-order valence-electron chi connectivity index (χ2n) is 6.81. The molecule has 3 nitrogen and oxygen atoms in total. The molecule has 2 aliphatic heterocycles. The molecule has 0 radical (unpaired) electrons. The topological polar surface area (TPSA) is 19.4 Å². The molecule has 116 valence electrons. The zero-order valence-corrected chi connectivity index (χ0v) is 13.8. The minimum Gasteiger partial charge on any atom is -0.356 e. The van der Waals surface area contributed by atoms with E-state index in [1.807, 2.05) is 12.3 Å². The molecule has 0 saturated carbocycles. The van der Waals surface area contributed by atoms with Gasteiger partial charge in [-0.2, -0.15) is 11.3 Å². The summed E-state index contributed by atoms with van der Waals surface area (Å²) in [7, 11) is 0. The summed E-state index contributed by atoms with van der Waals surface area (Å²) in [5.74, 6) is 1.15. The summed E-state index contributed by atoms with van der Waals surface area (Å²) in [4.78, 5) is 9.69. The van der Waals surface area contributed by atoms with Crippen LogP contribution in [0.3, 0.4) is 0 Å². The van der Waals surface area contributed by atoms with E-state index in [2.05, 4.69) is 43.7 Å². The van der Waals surface area contributed by atoms with Crippen LogP contribution in [0.2, 0.25) is 0 Å². The first kappa shape index (κ1) is 14.2. The van der Waals surface area contributed by atoms with Gasteiger partial charge in [0.25, 0.3) is 0 Å². The van der Waals surface area contributed by atoms with Crippen molar-refractivity contribution in [2.75, 3.05) is 31.1 Å². The maximum atomic E-state index is 4.55. The van der Waals surface area contributed by atoms with E-state index >= 15 is 0 Å². The van der Waals surface area contributed by atoms with Crippen LogP contribution in [0.5, 0.6) is 0 Å². The van der Waals surface area contributed by atoms with Crippen molar-refractivity contribution in [1.29, 1.82) is 0 Å². The van der Waals surface area contributed by atoms with Gasteiger partial charge >= 0.3 is 0 Å². The Hall–Kier alpha value is -1.39. The average molecular weight is 313 g/mol. The third-order valence-corrected chi connectivity index (χ3v) is 5.87. The van der Waals surface area contributed by atoms with Gasteiger partial charge in [-0.1, -0.05) is 6.07 Å². The number of pyridine rings is 1. The van der Waals surface area contributed by atoms with Crippen molar-refractivity contribution in [3.8, 4) is 0 Å². The summed E-state index contributed by atoms with van der Waals surface area (Å²) < 4.78 is 0. The summed E-state index contributed by atoms with van der Waals surface area (Å²) in [6, 6.07) is 8.51. The lowest BCUT2D eigenvalue weighted by atomic mass is 9.79. The number of hydrogen-bond acceptors (Lipinski definition) is 4. The number of piperidine rings is 1. The Morgan fingerprint density at radius 3 is 2.95 bits per heavy atom. The molecule has 22 heavy (non-hydrogen) atoms. The predicted molar refractivity (Wildman–Crippen MR) is 92.3 cm³/mol. The van der Waals surface area contributed by atoms with Crippen LogP contribution in [-0.4, -0.2) is 36.1 Å². The molecule has 4 heteroatoms. The van der Waals surface area contributed by atoms with Gasteiger partial charge in [0.05, 0.1) is 0 Å². The summed E-state index contributed by atoms with van der Waals surface area (Å²) in [5.41, 5.74) is 1.95. The lowest BCUT2D eigenvalue weighted by Crippen LogP contribution is -2.45. The first-order valence-corrected chi connectivity index (χ1v) is 9.17. The van der Waals surface area contributed by atoms with E-state index < -0.39 is 0 Å². The molecule has 0 aliphatic carbocycles. The summed E-state index contributed by atoms with van der Waals surface area (Å²) in [5, 5.41) is 4.47. The molecule has 1 atom stereocenters. The van der Waals surface area contributed by atoms with E-state index in [-0.39, 0.29) is 0 Å². The molecule has 0 N–H and O–H groups in total. The van der Waals surface area contributed by atoms with Crippen LogP contribution in [-0.2, 0) is 6.54 Å². The van der Waals surface area contributed by atoms with E-state index in [1.54, 1.807) is 11.3 Å². The van der Waals surface area contributed by atoms with Crippen molar-refractivity contribution < 1.29 is 0 Å². The van der Waals surface area contributed by atoms with E-state index in [1.165, 1.54) is 44.5 Å². The molecule has 2 aromatic heterocycles. The van der Waals surface area contributed by atoms with Crippen LogP contribution in [0.4, 0.5) is 5.82 Å². The number of hydrogen-bond donors (Lipinski definition) is 0. The van der Waals surface area contributed by atoms with Gasteiger partial charge < -0.3 is 4.90 Å². The average Bonchev–Trinajstić information content (AvgIpc) is 3.20. The van der Waals surface area contributed by atoms with Crippen molar-refractivity contribution in [2.24, 2.45) is 5.41 Å². The Bertz CT molecular complexity index is 598. The molecular weight excluding hydrogens is 290 g/mol. The van der Waals surface area contributed by atoms with Gasteiger partial charge in [0.1, 0.15) is 5.82 Å². The Kier molecular flexibility index (Phi) is 3.89. The molecule has 2 aliphatic rings. The number of likely N-dealkylation sites (tertiary alicyclic amines) is 1. The van der Waals surface area contributed by atoms with Crippen LogP contribution < -0.4 is 4.90 Å². The molecule has 0 unspecified atom stereocenters. The number of rotatable bonds is 3. The molecular formula is C18H23N3S. The monoisotopic (exact) mass is 313 g/mol. The highest BCUT2D eigenvalue weighted by Gasteiger charge is 2.41. The van der Waals surface area contributed by atoms with Crippen molar-refractivity contribution in [1.82, 2.24) is 9.88 Å². The van der Waals surface area contributed by atoms with Gasteiger partial charge in [0.15, 0.2) is 0 Å². The summed E-state index contributed by atoms with van der Waals surface area (Å²) >= 11 is 1.80. The minimum absolute atomic E-state index is 0.478. The standard InChI is InChI=1S/C18H23N3S/c1-2-8-19-17(4-1)21-9-3-6-18(15-21)7-10-20(14-18)12-16-5-11-22-13-16/h1-2,4-5,8,11,13H,3,6-7,9-10,12,14-15H2/t18-/m0/s1. The van der Waals surface area contributed by atoms with Gasteiger partial charge in [0, 0.05) is 37.8 Å². The van der Waals surface area contributed by atoms with Crippen LogP contribution in [0.25, 0.3) is 0 Å². The van der Waals surface area contributed by atoms with Crippen LogP contribution in [0.15, 0.2) is 41.2 Å². The molecule has 1 spiro atoms. The summed E-state index contributed by atoms with van der Waals surface area (Å²) in [6.07, 6.45) is 5.91. The molecule has 0 bridgehead atoms. The highest BCUT2D eigenvalue weighted by atomic mass is 32.1. The van der Waals surface area contributed by atoms with Gasteiger partial charge in [-0.15, -0.1) is 0 Å². The Morgan fingerprint density at radius 2 is 2.14 bits per heavy atom. The molecule has 2 saturated heterocycles. The first-order valence-electron chi connectivity index (χ1n) is 8.23. The SMILES string of the molecule is c1ccc(N2CCC[C@@]3(CCN(Cc4ccsc4)C3)C2)nc1. The molecule has 2 aromatic rings. The van der Waals surface area contributed by atoms with E-state index in [4.69, 9.17) is 0 Å². The number of nitrogens with zero attached hydrogens (tertiary/aromatic N) is 3. The van der Waals surface area contributed by atoms with Gasteiger partial charge in [-0.05, 0) is 60.3 Å². The van der Waals surface area contributed by atoms with Gasteiger partial charge in [-0.25, -0.2) is 4.98 Å². The lowest BCUT2D eigenvalue weighted by molar-refractivity contribution is 0.216. The second kappa shape index (κ2) is 6.01. The predicted octanol–water partition coefficient (Wildman–Crippen LogP) is 3.64. The van der Waals surface area contributed by atoms with E-state index in [9.17, 15) is 0 Å². The van der Waals surface area contributed by atoms with E-state index in [0.717, 1.165) is 18.9 Å². The van der Waals surface area contributed by atoms with Crippen molar-refractivity contribution in [2.45, 2.75) is 25.8 Å². The largest absolute Gasteiger partial charge is 0.356 e. The molecule has 2 fully saturated rings. The van der Waals surface area contributed by atoms with Crippen LogP contribution in [0.1, 0.15) is 24.8 Å². The normalized spacial score (nSPS) is 25.9. The molecule has 0 amide bonds. The fourth-order valence-corrected chi connectivity index (χ4v) is 4.74. The quantitative estimate of drug-likeness (QED) is 0.862. The fourth-order valence-electron chi connectivity index (χ4n) is 4.08. The number of anilines is 1. The van der Waals surface area contributed by atoms with Gasteiger partial charge in [-0.3, -0.25) is 4.90 Å². The Balaban J connectivity index is 1.43.